The van der Waals surface area contributed by atoms with Gasteiger partial charge in [-0.2, -0.15) is 9.57 Å². The first-order chi connectivity index (χ1) is 19.8. The van der Waals surface area contributed by atoms with Gasteiger partial charge in [-0.15, -0.1) is 0 Å². The van der Waals surface area contributed by atoms with E-state index in [4.69, 9.17) is 13.9 Å². The predicted octanol–water partition coefficient (Wildman–Crippen LogP) is 5.85. The highest BCUT2D eigenvalue weighted by Gasteiger charge is 2.45. The molecule has 2 heterocycles. The van der Waals surface area contributed by atoms with E-state index in [0.29, 0.717) is 35.8 Å². The van der Waals surface area contributed by atoms with Gasteiger partial charge in [0.2, 0.25) is 15.9 Å². The van der Waals surface area contributed by atoms with Crippen LogP contribution in [0.25, 0.3) is 11.5 Å². The molecule has 5 rings (SSSR count). The van der Waals surface area contributed by atoms with Gasteiger partial charge in [0.25, 0.3) is 5.95 Å². The monoisotopic (exact) mass is 571 g/mol. The van der Waals surface area contributed by atoms with Crippen molar-refractivity contribution in [3.63, 3.8) is 0 Å². The maximum absolute atomic E-state index is 13.5. The number of ether oxygens (including phenoxy) is 2. The Hall–Kier alpha value is -4.59. The second-order valence-electron chi connectivity index (χ2n) is 9.38. The average Bonchev–Trinajstić information content (AvgIpc) is 3.45. The van der Waals surface area contributed by atoms with Crippen LogP contribution in [0, 0.1) is 18.3 Å². The number of nitriles is 1. The Morgan fingerprint density at radius 2 is 1.78 bits per heavy atom. The molecule has 1 aromatic heterocycles. The lowest BCUT2D eigenvalue weighted by Gasteiger charge is -2.23. The first kappa shape index (κ1) is 28.0. The number of aliphatic hydroxyl groups is 1. The van der Waals surface area contributed by atoms with Crippen LogP contribution in [0.1, 0.15) is 35.5 Å². The molecule has 1 unspecified atom stereocenters. The number of fused-ring (bicyclic) bond motifs is 1. The standard InChI is InChI=1S/C31H29N3O6S/c1-3-38-31(35)26(19-32)29-25-11-7-8-12-28(25)41(36,37)34(29)20-22-13-15-24(16-14-22)39-18-17-27-21(2)40-30(33-27)23-9-5-4-6-10-23/h4-16,29,35H,3,17-18,20H2,1-2H3/b31-26-. The molecule has 0 aliphatic carbocycles. The van der Waals surface area contributed by atoms with Crippen LogP contribution >= 0.6 is 0 Å². The van der Waals surface area contributed by atoms with Gasteiger partial charge in [-0.3, -0.25) is 0 Å². The van der Waals surface area contributed by atoms with Crippen molar-refractivity contribution in [3.05, 3.63) is 113 Å². The van der Waals surface area contributed by atoms with Crippen molar-refractivity contribution in [2.75, 3.05) is 13.2 Å². The van der Waals surface area contributed by atoms with Crippen molar-refractivity contribution in [2.24, 2.45) is 0 Å². The maximum atomic E-state index is 13.5. The van der Waals surface area contributed by atoms with E-state index in [1.165, 1.54) is 10.4 Å². The molecule has 0 bridgehead atoms. The largest absolute Gasteiger partial charge is 0.493 e. The molecular weight excluding hydrogens is 542 g/mol. The molecule has 4 aromatic rings. The fraction of sp³-hybridized carbons (Fsp3) is 0.226. The summed E-state index contributed by atoms with van der Waals surface area (Å²) >= 11 is 0. The fourth-order valence-electron chi connectivity index (χ4n) is 4.78. The molecule has 0 amide bonds. The van der Waals surface area contributed by atoms with E-state index in [9.17, 15) is 18.8 Å². The van der Waals surface area contributed by atoms with Crippen LogP contribution in [0.15, 0.2) is 99.7 Å². The molecule has 0 spiro atoms. The lowest BCUT2D eigenvalue weighted by molar-refractivity contribution is 0.0952. The summed E-state index contributed by atoms with van der Waals surface area (Å²) in [6, 6.07) is 24.2. The quantitative estimate of drug-likeness (QED) is 0.186. The van der Waals surface area contributed by atoms with Gasteiger partial charge >= 0.3 is 0 Å². The Morgan fingerprint density at radius 1 is 1.07 bits per heavy atom. The summed E-state index contributed by atoms with van der Waals surface area (Å²) < 4.78 is 45.1. The molecule has 0 radical (unpaired) electrons. The SMILES string of the molecule is CCO/C(O)=C(/C#N)C1c2ccccc2S(=O)(=O)N1Cc1ccc(OCCc2nc(-c3ccccc3)oc2C)cc1. The number of rotatable bonds is 10. The minimum Gasteiger partial charge on any atom is -0.493 e. The predicted molar refractivity (Wildman–Crippen MR) is 151 cm³/mol. The van der Waals surface area contributed by atoms with Crippen molar-refractivity contribution in [2.45, 2.75) is 37.8 Å². The highest BCUT2D eigenvalue weighted by molar-refractivity contribution is 7.89. The van der Waals surface area contributed by atoms with Crippen molar-refractivity contribution in [1.82, 2.24) is 9.29 Å². The van der Waals surface area contributed by atoms with E-state index in [0.717, 1.165) is 17.0 Å². The molecule has 0 saturated heterocycles. The number of aromatic nitrogens is 1. The Labute approximate surface area is 239 Å². The first-order valence-electron chi connectivity index (χ1n) is 13.1. The Kier molecular flexibility index (Phi) is 8.10. The summed E-state index contributed by atoms with van der Waals surface area (Å²) in [5.41, 5.74) is 2.66. The Morgan fingerprint density at radius 3 is 2.49 bits per heavy atom. The summed E-state index contributed by atoms with van der Waals surface area (Å²) in [6.07, 6.45) is 0.558. The summed E-state index contributed by atoms with van der Waals surface area (Å²) in [7, 11) is -3.94. The van der Waals surface area contributed by atoms with E-state index in [1.54, 1.807) is 49.4 Å². The molecule has 1 atom stereocenters. The number of aliphatic hydroxyl groups excluding tert-OH is 1. The van der Waals surface area contributed by atoms with Gasteiger partial charge in [-0.25, -0.2) is 13.4 Å². The third-order valence-corrected chi connectivity index (χ3v) is 8.66. The molecule has 210 valence electrons. The minimum absolute atomic E-state index is 0.0209. The van der Waals surface area contributed by atoms with Crippen LogP contribution in [0.3, 0.4) is 0 Å². The van der Waals surface area contributed by atoms with Crippen molar-refractivity contribution >= 4 is 10.0 Å². The van der Waals surface area contributed by atoms with E-state index in [1.807, 2.05) is 43.3 Å². The molecule has 3 aromatic carbocycles. The molecule has 1 N–H and O–H groups in total. The van der Waals surface area contributed by atoms with Crippen molar-refractivity contribution < 1.29 is 27.4 Å². The first-order valence-corrected chi connectivity index (χ1v) is 14.6. The van der Waals surface area contributed by atoms with Gasteiger partial charge in [0.15, 0.2) is 0 Å². The van der Waals surface area contributed by atoms with Crippen molar-refractivity contribution in [3.8, 4) is 23.3 Å². The summed E-state index contributed by atoms with van der Waals surface area (Å²) in [5.74, 6) is 1.35. The second-order valence-corrected chi connectivity index (χ2v) is 11.2. The minimum atomic E-state index is -3.94. The van der Waals surface area contributed by atoms with E-state index in [2.05, 4.69) is 4.98 Å². The van der Waals surface area contributed by atoms with E-state index >= 15 is 0 Å². The van der Waals surface area contributed by atoms with E-state index in [-0.39, 0.29) is 23.6 Å². The fourth-order valence-corrected chi connectivity index (χ4v) is 6.57. The van der Waals surface area contributed by atoms with Gasteiger partial charge in [0.1, 0.15) is 23.2 Å². The topological polar surface area (TPSA) is 126 Å². The molecule has 1 aliphatic rings. The number of hydrogen-bond donors (Lipinski definition) is 1. The van der Waals surface area contributed by atoms with Crippen LogP contribution in [0.4, 0.5) is 0 Å². The smallest absolute Gasteiger partial charge is 0.293 e. The zero-order chi connectivity index (χ0) is 29.0. The lowest BCUT2D eigenvalue weighted by Crippen LogP contribution is -2.29. The molecule has 41 heavy (non-hydrogen) atoms. The van der Waals surface area contributed by atoms with Crippen molar-refractivity contribution in [1.29, 1.82) is 5.26 Å². The average molecular weight is 572 g/mol. The highest BCUT2D eigenvalue weighted by atomic mass is 32.2. The maximum Gasteiger partial charge on any atom is 0.293 e. The number of hydrogen-bond acceptors (Lipinski definition) is 8. The number of nitrogens with zero attached hydrogens (tertiary/aromatic N) is 3. The second kappa shape index (κ2) is 11.9. The molecular formula is C31H29N3O6S. The van der Waals surface area contributed by atoms with Gasteiger partial charge in [-0.05, 0) is 55.3 Å². The molecule has 9 nitrogen and oxygen atoms in total. The third kappa shape index (κ3) is 5.68. The van der Waals surface area contributed by atoms with E-state index < -0.39 is 22.0 Å². The lowest BCUT2D eigenvalue weighted by atomic mass is 9.99. The summed E-state index contributed by atoms with van der Waals surface area (Å²) in [5, 5.41) is 20.3. The summed E-state index contributed by atoms with van der Waals surface area (Å²) in [4.78, 5) is 4.70. The normalized spacial score (nSPS) is 16.5. The number of sulfonamides is 1. The highest BCUT2D eigenvalue weighted by Crippen LogP contribution is 2.44. The van der Waals surface area contributed by atoms with Gasteiger partial charge in [-0.1, -0.05) is 48.5 Å². The number of benzene rings is 3. The van der Waals surface area contributed by atoms with Gasteiger partial charge in [0.05, 0.1) is 29.8 Å². The molecule has 1 aliphatic heterocycles. The van der Waals surface area contributed by atoms with Crippen LogP contribution in [-0.2, 0) is 27.7 Å². The number of aryl methyl sites for hydroxylation is 1. The van der Waals surface area contributed by atoms with Gasteiger partial charge in [0, 0.05) is 18.5 Å². The van der Waals surface area contributed by atoms with Crippen LogP contribution < -0.4 is 4.74 Å². The Bertz CT molecular complexity index is 1710. The van der Waals surface area contributed by atoms with Crippen LogP contribution in [0.2, 0.25) is 0 Å². The third-order valence-electron chi connectivity index (χ3n) is 6.78. The Balaban J connectivity index is 1.29. The molecule has 0 saturated carbocycles. The van der Waals surface area contributed by atoms with Crippen LogP contribution in [-0.4, -0.2) is 36.0 Å². The molecule has 0 fully saturated rings. The zero-order valence-corrected chi connectivity index (χ0v) is 23.5. The molecule has 10 heteroatoms. The zero-order valence-electron chi connectivity index (χ0n) is 22.6. The summed E-state index contributed by atoms with van der Waals surface area (Å²) in [6.45, 7) is 4.03. The number of oxazole rings is 1. The van der Waals surface area contributed by atoms with Gasteiger partial charge < -0.3 is 19.0 Å². The van der Waals surface area contributed by atoms with Crippen LogP contribution in [0.5, 0.6) is 5.75 Å².